The Morgan fingerprint density at radius 3 is 2.17 bits per heavy atom. The van der Waals surface area contributed by atoms with Gasteiger partial charge in [-0.2, -0.15) is 0 Å². The molecule has 0 spiro atoms. The van der Waals surface area contributed by atoms with Crippen molar-refractivity contribution >= 4 is 11.6 Å². The molecule has 0 fully saturated rings. The number of rotatable bonds is 3. The highest BCUT2D eigenvalue weighted by molar-refractivity contribution is 5.91. The number of ether oxygens (including phenoxy) is 1. The summed E-state index contributed by atoms with van der Waals surface area (Å²) >= 11 is 0. The van der Waals surface area contributed by atoms with Crippen LogP contribution in [-0.4, -0.2) is 18.1 Å². The zero-order valence-corrected chi connectivity index (χ0v) is 10.3. The monoisotopic (exact) mass is 261 g/mol. The quantitative estimate of drug-likeness (QED) is 0.908. The molecule has 0 bridgehead atoms. The number of anilines is 1. The molecule has 0 heterocycles. The first-order valence-corrected chi connectivity index (χ1v) is 5.27. The molecule has 100 valence electrons. The van der Waals surface area contributed by atoms with Gasteiger partial charge in [0, 0.05) is 12.1 Å². The normalized spacial score (nSPS) is 11.4. The highest BCUT2D eigenvalue weighted by Crippen LogP contribution is 2.20. The average Bonchev–Trinajstić information content (AvgIpc) is 2.19. The predicted molar refractivity (Wildman–Crippen MR) is 60.7 cm³/mol. The van der Waals surface area contributed by atoms with Crippen LogP contribution < -0.4 is 5.32 Å². The number of halogens is 3. The fraction of sp³-hybridized carbons (Fsp3) is 0.417. The molecule has 0 unspecified atom stereocenters. The van der Waals surface area contributed by atoms with Gasteiger partial charge in [-0.05, 0) is 20.8 Å². The smallest absolute Gasteiger partial charge is 0.250 e. The van der Waals surface area contributed by atoms with Gasteiger partial charge in [0.1, 0.15) is 18.1 Å². The van der Waals surface area contributed by atoms with Crippen molar-refractivity contribution in [1.29, 1.82) is 0 Å². The highest BCUT2D eigenvalue weighted by Gasteiger charge is 2.17. The van der Waals surface area contributed by atoms with Crippen LogP contribution in [0.1, 0.15) is 20.8 Å². The molecule has 0 aliphatic carbocycles. The van der Waals surface area contributed by atoms with Gasteiger partial charge in [-0.3, -0.25) is 4.79 Å². The van der Waals surface area contributed by atoms with Gasteiger partial charge in [-0.15, -0.1) is 0 Å². The Hall–Kier alpha value is -1.56. The maximum atomic E-state index is 13.2. The lowest BCUT2D eigenvalue weighted by atomic mass is 10.2. The molecule has 3 nitrogen and oxygen atoms in total. The van der Waals surface area contributed by atoms with E-state index in [1.165, 1.54) is 0 Å². The van der Waals surface area contributed by atoms with Crippen molar-refractivity contribution in [2.45, 2.75) is 26.4 Å². The Bertz CT molecular complexity index is 432. The van der Waals surface area contributed by atoms with E-state index in [-0.39, 0.29) is 6.61 Å². The van der Waals surface area contributed by atoms with Gasteiger partial charge in [-0.25, -0.2) is 13.2 Å². The molecule has 6 heteroatoms. The van der Waals surface area contributed by atoms with Crippen molar-refractivity contribution < 1.29 is 22.7 Å². The van der Waals surface area contributed by atoms with Crippen LogP contribution in [0.2, 0.25) is 0 Å². The molecule has 0 aromatic heterocycles. The zero-order valence-electron chi connectivity index (χ0n) is 10.3. The Morgan fingerprint density at radius 1 is 1.22 bits per heavy atom. The summed E-state index contributed by atoms with van der Waals surface area (Å²) in [4.78, 5) is 11.4. The van der Waals surface area contributed by atoms with E-state index in [4.69, 9.17) is 4.74 Å². The molecule has 1 aromatic carbocycles. The van der Waals surface area contributed by atoms with Gasteiger partial charge >= 0.3 is 0 Å². The molecule has 0 radical (unpaired) electrons. The molecular formula is C12H14F3NO2. The largest absolute Gasteiger partial charge is 0.366 e. The lowest BCUT2D eigenvalue weighted by molar-refractivity contribution is -0.125. The maximum absolute atomic E-state index is 13.2. The zero-order chi connectivity index (χ0) is 13.9. The topological polar surface area (TPSA) is 38.3 Å². The summed E-state index contributed by atoms with van der Waals surface area (Å²) in [5, 5.41) is 2.00. The molecule has 0 saturated heterocycles. The number of carbonyl (C=O) groups excluding carboxylic acids is 1. The fourth-order valence-corrected chi connectivity index (χ4v) is 1.12. The number of carbonyl (C=O) groups is 1. The van der Waals surface area contributed by atoms with Crippen LogP contribution in [0, 0.1) is 17.5 Å². The molecule has 18 heavy (non-hydrogen) atoms. The van der Waals surface area contributed by atoms with E-state index in [1.54, 1.807) is 20.8 Å². The van der Waals surface area contributed by atoms with Crippen molar-refractivity contribution in [3.05, 3.63) is 29.6 Å². The van der Waals surface area contributed by atoms with Gasteiger partial charge in [-0.1, -0.05) is 0 Å². The molecule has 1 N–H and O–H groups in total. The van der Waals surface area contributed by atoms with Crippen molar-refractivity contribution in [3.63, 3.8) is 0 Å². The van der Waals surface area contributed by atoms with Crippen LogP contribution in [0.4, 0.5) is 18.9 Å². The van der Waals surface area contributed by atoms with Crippen LogP contribution in [0.15, 0.2) is 12.1 Å². The lowest BCUT2D eigenvalue weighted by Gasteiger charge is -2.19. The number of nitrogens with one attached hydrogen (secondary N) is 1. The van der Waals surface area contributed by atoms with E-state index in [0.717, 1.165) is 0 Å². The van der Waals surface area contributed by atoms with Crippen LogP contribution in [0.25, 0.3) is 0 Å². The molecule has 0 aliphatic heterocycles. The molecule has 1 rings (SSSR count). The van der Waals surface area contributed by atoms with Gasteiger partial charge in [0.05, 0.1) is 5.60 Å². The van der Waals surface area contributed by atoms with Crippen molar-refractivity contribution in [1.82, 2.24) is 0 Å². The van der Waals surface area contributed by atoms with Crippen molar-refractivity contribution in [2.75, 3.05) is 11.9 Å². The van der Waals surface area contributed by atoms with E-state index in [0.29, 0.717) is 12.1 Å². The summed E-state index contributed by atoms with van der Waals surface area (Å²) in [6.45, 7) is 4.86. The van der Waals surface area contributed by atoms with Gasteiger partial charge < -0.3 is 10.1 Å². The third kappa shape index (κ3) is 4.37. The van der Waals surface area contributed by atoms with Crippen LogP contribution in [-0.2, 0) is 9.53 Å². The summed E-state index contributed by atoms with van der Waals surface area (Å²) in [6.07, 6.45) is 0. The molecule has 0 saturated carbocycles. The SMILES string of the molecule is CC(C)(C)OCC(=O)Nc1c(F)cc(F)cc1F. The number of benzene rings is 1. The number of hydrogen-bond donors (Lipinski definition) is 1. The Labute approximate surface area is 103 Å². The molecular weight excluding hydrogens is 247 g/mol. The molecule has 1 amide bonds. The van der Waals surface area contributed by atoms with Crippen LogP contribution in [0.3, 0.4) is 0 Å². The van der Waals surface area contributed by atoms with Crippen LogP contribution >= 0.6 is 0 Å². The second-order valence-corrected chi connectivity index (χ2v) is 4.69. The van der Waals surface area contributed by atoms with E-state index >= 15 is 0 Å². The maximum Gasteiger partial charge on any atom is 0.250 e. The first kappa shape index (κ1) is 14.5. The Kier molecular flexibility index (Phi) is 4.34. The number of amides is 1. The minimum atomic E-state index is -1.17. The van der Waals surface area contributed by atoms with Gasteiger partial charge in [0.25, 0.3) is 5.91 Å². The van der Waals surface area contributed by atoms with Crippen molar-refractivity contribution in [3.8, 4) is 0 Å². The van der Waals surface area contributed by atoms with Crippen molar-refractivity contribution in [2.24, 2.45) is 0 Å². The minimum Gasteiger partial charge on any atom is -0.366 e. The molecule has 1 aromatic rings. The van der Waals surface area contributed by atoms with Crippen LogP contribution in [0.5, 0.6) is 0 Å². The van der Waals surface area contributed by atoms with E-state index < -0.39 is 34.6 Å². The van der Waals surface area contributed by atoms with Gasteiger partial charge in [0.15, 0.2) is 11.6 Å². The first-order valence-electron chi connectivity index (χ1n) is 5.27. The highest BCUT2D eigenvalue weighted by atomic mass is 19.1. The Balaban J connectivity index is 2.71. The summed E-state index contributed by atoms with van der Waals surface area (Å²) in [5.74, 6) is -4.10. The third-order valence-electron chi connectivity index (χ3n) is 1.91. The summed E-state index contributed by atoms with van der Waals surface area (Å²) in [7, 11) is 0. The summed E-state index contributed by atoms with van der Waals surface area (Å²) in [5.41, 5.74) is -1.23. The van der Waals surface area contributed by atoms with E-state index in [2.05, 4.69) is 0 Å². The molecule has 0 atom stereocenters. The second kappa shape index (κ2) is 5.39. The summed E-state index contributed by atoms with van der Waals surface area (Å²) in [6, 6.07) is 0.979. The third-order valence-corrected chi connectivity index (χ3v) is 1.91. The average molecular weight is 261 g/mol. The standard InChI is InChI=1S/C12H14F3NO2/c1-12(2,3)18-6-10(17)16-11-8(14)4-7(13)5-9(11)15/h4-5H,6H2,1-3H3,(H,16,17). The molecule has 0 aliphatic rings. The predicted octanol–water partition coefficient (Wildman–Crippen LogP) is 2.86. The second-order valence-electron chi connectivity index (χ2n) is 4.69. The fourth-order valence-electron chi connectivity index (χ4n) is 1.12. The van der Waals surface area contributed by atoms with E-state index in [1.807, 2.05) is 5.32 Å². The first-order chi connectivity index (χ1) is 8.19. The Morgan fingerprint density at radius 2 is 1.72 bits per heavy atom. The lowest BCUT2D eigenvalue weighted by Crippen LogP contribution is -2.27. The van der Waals surface area contributed by atoms with E-state index in [9.17, 15) is 18.0 Å². The summed E-state index contributed by atoms with van der Waals surface area (Å²) < 4.78 is 44.2. The number of hydrogen-bond acceptors (Lipinski definition) is 2. The van der Waals surface area contributed by atoms with Gasteiger partial charge in [0.2, 0.25) is 0 Å². The minimum absolute atomic E-state index is 0.347.